The molecule has 0 aromatic heterocycles. The molecule has 0 saturated carbocycles. The van der Waals surface area contributed by atoms with Crippen molar-refractivity contribution in [3.05, 3.63) is 24.3 Å². The monoisotopic (exact) mass is 279 g/mol. The zero-order valence-electron chi connectivity index (χ0n) is 13.7. The second kappa shape index (κ2) is 6.66. The third kappa shape index (κ3) is 2.87. The summed E-state index contributed by atoms with van der Waals surface area (Å²) in [6.45, 7) is 4.87. The summed E-state index contributed by atoms with van der Waals surface area (Å²) in [5, 5.41) is 0. The Hall–Kier alpha value is -0.970. The molecule has 0 amide bonds. The van der Waals surface area contributed by atoms with Crippen molar-refractivity contribution >= 4 is 5.78 Å². The van der Waals surface area contributed by atoms with Crippen molar-refractivity contribution in [1.82, 2.24) is 9.80 Å². The van der Waals surface area contributed by atoms with Crippen LogP contribution in [0, 0.1) is 5.92 Å². The molecule has 2 aliphatic rings. The summed E-state index contributed by atoms with van der Waals surface area (Å²) in [5.41, 5.74) is -0.421. The van der Waals surface area contributed by atoms with Crippen LogP contribution in [0.4, 0.5) is 0 Å². The Kier molecular flexibility index (Phi) is 4.65. The zero-order chi connectivity index (χ0) is 15.5. The van der Waals surface area contributed by atoms with E-state index < -0.39 is 12.1 Å². The number of nitrogens with zero attached hydrogens (tertiary/aromatic N) is 2. The van der Waals surface area contributed by atoms with Crippen molar-refractivity contribution in [2.24, 2.45) is 5.92 Å². The molecule has 0 aromatic rings. The van der Waals surface area contributed by atoms with Crippen molar-refractivity contribution < 1.29 is 10.9 Å². The molecule has 1 heterocycles. The molecular weight excluding hydrogens is 252 g/mol. The van der Waals surface area contributed by atoms with Crippen LogP contribution in [0.15, 0.2) is 24.3 Å². The van der Waals surface area contributed by atoms with E-state index in [1.165, 1.54) is 0 Å². The minimum atomic E-state index is -0.735. The van der Waals surface area contributed by atoms with Gasteiger partial charge in [0.05, 0.1) is 18.9 Å². The Morgan fingerprint density at radius 1 is 1.45 bits per heavy atom. The molecule has 0 N–H and O–H groups in total. The van der Waals surface area contributed by atoms with Gasteiger partial charge in [0, 0.05) is 33.2 Å². The Morgan fingerprint density at radius 3 is 2.75 bits per heavy atom. The predicted molar refractivity (Wildman–Crippen MR) is 80.5 cm³/mol. The molecule has 0 spiro atoms. The minimum absolute atomic E-state index is 0.000524. The molecule has 2 rings (SSSR count). The SMILES string of the molecule is [2H]C(C(=O)CC)C1C=CC=CC1(N(C)C)N1CCOCC1. The van der Waals surface area contributed by atoms with Gasteiger partial charge in [0.25, 0.3) is 0 Å². The summed E-state index contributed by atoms with van der Waals surface area (Å²) >= 11 is 0. The first kappa shape index (κ1) is 14.0. The average molecular weight is 279 g/mol. The fraction of sp³-hybridized carbons (Fsp3) is 0.688. The number of morpholine rings is 1. The van der Waals surface area contributed by atoms with Gasteiger partial charge < -0.3 is 4.74 Å². The lowest BCUT2D eigenvalue weighted by molar-refractivity contribution is -0.123. The van der Waals surface area contributed by atoms with E-state index in [2.05, 4.69) is 15.9 Å². The summed E-state index contributed by atoms with van der Waals surface area (Å²) in [5.74, 6) is -0.164. The highest BCUT2D eigenvalue weighted by molar-refractivity contribution is 5.78. The maximum atomic E-state index is 12.1. The largest absolute Gasteiger partial charge is 0.379 e. The van der Waals surface area contributed by atoms with E-state index in [1.54, 1.807) is 0 Å². The number of Topliss-reactive ketones (excluding diaryl/α,β-unsaturated/α-hetero) is 1. The Balaban J connectivity index is 2.37. The summed E-state index contributed by atoms with van der Waals surface area (Å²) in [6.07, 6.45) is 7.80. The van der Waals surface area contributed by atoms with Gasteiger partial charge in [-0.1, -0.05) is 25.2 Å². The average Bonchev–Trinajstić information content (AvgIpc) is 2.53. The van der Waals surface area contributed by atoms with E-state index in [0.29, 0.717) is 19.6 Å². The molecule has 1 aliphatic heterocycles. The van der Waals surface area contributed by atoms with Crippen LogP contribution in [0.1, 0.15) is 21.1 Å². The smallest absolute Gasteiger partial charge is 0.133 e. The molecule has 1 fully saturated rings. The quantitative estimate of drug-likeness (QED) is 0.767. The Labute approximate surface area is 123 Å². The van der Waals surface area contributed by atoms with Gasteiger partial charge in [0.2, 0.25) is 0 Å². The topological polar surface area (TPSA) is 32.8 Å². The van der Waals surface area contributed by atoms with Gasteiger partial charge in [0.1, 0.15) is 5.78 Å². The number of carbonyl (C=O) groups is 1. The van der Waals surface area contributed by atoms with Crippen LogP contribution in [0.3, 0.4) is 0 Å². The lowest BCUT2D eigenvalue weighted by atomic mass is 9.81. The van der Waals surface area contributed by atoms with Crippen LogP contribution < -0.4 is 0 Å². The lowest BCUT2D eigenvalue weighted by Crippen LogP contribution is -2.64. The van der Waals surface area contributed by atoms with E-state index in [4.69, 9.17) is 6.11 Å². The number of ether oxygens (including phenoxy) is 1. The molecule has 1 aliphatic carbocycles. The lowest BCUT2D eigenvalue weighted by Gasteiger charge is -2.52. The van der Waals surface area contributed by atoms with Crippen molar-refractivity contribution in [2.45, 2.75) is 25.4 Å². The highest BCUT2D eigenvalue weighted by Gasteiger charge is 2.44. The normalized spacial score (nSPS) is 33.2. The van der Waals surface area contributed by atoms with E-state index in [9.17, 15) is 4.79 Å². The standard InChI is InChI=1S/C16H26N2O2/c1-4-15(19)13-14-7-5-6-8-16(14,17(2)3)18-9-11-20-12-10-18/h5-8,14H,4,9-13H2,1-3H3/i13D. The van der Waals surface area contributed by atoms with Crippen LogP contribution >= 0.6 is 0 Å². The zero-order valence-corrected chi connectivity index (χ0v) is 12.7. The second-order valence-electron chi connectivity index (χ2n) is 5.53. The second-order valence-corrected chi connectivity index (χ2v) is 5.53. The first-order chi connectivity index (χ1) is 10.0. The summed E-state index contributed by atoms with van der Waals surface area (Å²) in [7, 11) is 4.05. The number of hydrogen-bond acceptors (Lipinski definition) is 4. The van der Waals surface area contributed by atoms with Crippen LogP contribution in [0.5, 0.6) is 0 Å². The van der Waals surface area contributed by atoms with Gasteiger partial charge in [-0.15, -0.1) is 0 Å². The Morgan fingerprint density at radius 2 is 2.15 bits per heavy atom. The van der Waals surface area contributed by atoms with Gasteiger partial charge in [-0.3, -0.25) is 14.6 Å². The fourth-order valence-electron chi connectivity index (χ4n) is 3.10. The van der Waals surface area contributed by atoms with E-state index in [0.717, 1.165) is 13.1 Å². The van der Waals surface area contributed by atoms with Crippen LogP contribution in [-0.4, -0.2) is 61.6 Å². The summed E-state index contributed by atoms with van der Waals surface area (Å²) in [4.78, 5) is 16.6. The van der Waals surface area contributed by atoms with Gasteiger partial charge in [0.15, 0.2) is 0 Å². The van der Waals surface area contributed by atoms with E-state index in [1.807, 2.05) is 39.2 Å². The maximum Gasteiger partial charge on any atom is 0.133 e. The number of rotatable bonds is 5. The summed E-state index contributed by atoms with van der Waals surface area (Å²) in [6, 6.07) is 0. The van der Waals surface area contributed by atoms with Crippen molar-refractivity contribution in [3.63, 3.8) is 0 Å². The van der Waals surface area contributed by atoms with Crippen molar-refractivity contribution in [1.29, 1.82) is 0 Å². The van der Waals surface area contributed by atoms with Crippen molar-refractivity contribution in [3.8, 4) is 0 Å². The molecule has 0 radical (unpaired) electrons. The van der Waals surface area contributed by atoms with Gasteiger partial charge in [-0.25, -0.2) is 0 Å². The fourth-order valence-corrected chi connectivity index (χ4v) is 3.10. The van der Waals surface area contributed by atoms with Crippen molar-refractivity contribution in [2.75, 3.05) is 40.4 Å². The van der Waals surface area contributed by atoms with E-state index in [-0.39, 0.29) is 11.7 Å². The predicted octanol–water partition coefficient (Wildman–Crippen LogP) is 1.69. The number of hydrogen-bond donors (Lipinski definition) is 0. The van der Waals surface area contributed by atoms with Gasteiger partial charge >= 0.3 is 0 Å². The number of carbonyl (C=O) groups excluding carboxylic acids is 1. The molecule has 3 unspecified atom stereocenters. The molecule has 4 nitrogen and oxygen atoms in total. The molecule has 0 aromatic carbocycles. The first-order valence-corrected chi connectivity index (χ1v) is 7.35. The minimum Gasteiger partial charge on any atom is -0.379 e. The molecule has 0 bridgehead atoms. The molecule has 20 heavy (non-hydrogen) atoms. The van der Waals surface area contributed by atoms with Gasteiger partial charge in [-0.2, -0.15) is 0 Å². The Bertz CT molecular complexity index is 430. The molecular formula is C16H26N2O2. The molecule has 1 saturated heterocycles. The highest BCUT2D eigenvalue weighted by Crippen LogP contribution is 2.36. The third-order valence-electron chi connectivity index (χ3n) is 4.21. The van der Waals surface area contributed by atoms with Gasteiger partial charge in [-0.05, 0) is 20.2 Å². The maximum absolute atomic E-state index is 12.1. The molecule has 3 atom stereocenters. The third-order valence-corrected chi connectivity index (χ3v) is 4.21. The molecule has 112 valence electrons. The van der Waals surface area contributed by atoms with Crippen LogP contribution in [0.2, 0.25) is 0 Å². The number of likely N-dealkylation sites (N-methyl/N-ethyl adjacent to an activating group) is 1. The summed E-state index contributed by atoms with van der Waals surface area (Å²) < 4.78 is 13.9. The molecule has 4 heteroatoms. The highest BCUT2D eigenvalue weighted by atomic mass is 16.5. The number of allylic oxidation sites excluding steroid dienone is 2. The number of ketones is 1. The van der Waals surface area contributed by atoms with Crippen LogP contribution in [-0.2, 0) is 9.53 Å². The first-order valence-electron chi connectivity index (χ1n) is 7.93. The van der Waals surface area contributed by atoms with E-state index >= 15 is 0 Å². The van der Waals surface area contributed by atoms with Crippen LogP contribution in [0.25, 0.3) is 0 Å².